The first kappa shape index (κ1) is 33.7. The fourth-order valence-corrected chi connectivity index (χ4v) is 10.8. The Morgan fingerprint density at radius 2 is 0.935 bits per heavy atom. The molecule has 0 saturated carbocycles. The van der Waals surface area contributed by atoms with Gasteiger partial charge in [0.2, 0.25) is 5.95 Å². The van der Waals surface area contributed by atoms with Gasteiger partial charge in [0.15, 0.2) is 11.6 Å². The summed E-state index contributed by atoms with van der Waals surface area (Å²) in [6.07, 6.45) is 0. The van der Waals surface area contributed by atoms with Crippen LogP contribution in [0.2, 0.25) is 0 Å². The summed E-state index contributed by atoms with van der Waals surface area (Å²) in [4.78, 5) is 16.1. The lowest BCUT2D eigenvalue weighted by atomic mass is 9.99. The Kier molecular flexibility index (Phi) is 6.89. The molecule has 7 heteroatoms. The van der Waals surface area contributed by atoms with E-state index in [1.807, 2.05) is 59.9 Å². The molecule has 5 heterocycles. The van der Waals surface area contributed by atoms with Crippen molar-refractivity contribution in [1.82, 2.24) is 19.5 Å². The molecule has 6 nitrogen and oxygen atoms in total. The first-order valence-corrected chi connectivity index (χ1v) is 21.5. The highest BCUT2D eigenvalue weighted by Crippen LogP contribution is 2.45. The van der Waals surface area contributed by atoms with Gasteiger partial charge in [-0.05, 0) is 65.4 Å². The van der Waals surface area contributed by atoms with E-state index in [2.05, 4.69) is 138 Å². The van der Waals surface area contributed by atoms with Crippen molar-refractivity contribution in [3.05, 3.63) is 182 Å². The second kappa shape index (κ2) is 12.7. The van der Waals surface area contributed by atoms with Gasteiger partial charge in [0.1, 0.15) is 22.3 Å². The second-order valence-corrected chi connectivity index (χ2v) is 17.0. The van der Waals surface area contributed by atoms with Crippen LogP contribution in [0, 0.1) is 0 Å². The number of rotatable bonds is 4. The maximum Gasteiger partial charge on any atom is 0.238 e. The Morgan fingerprint density at radius 1 is 0.387 bits per heavy atom. The van der Waals surface area contributed by atoms with Gasteiger partial charge in [-0.25, -0.2) is 4.98 Å². The van der Waals surface area contributed by atoms with Gasteiger partial charge in [0, 0.05) is 74.7 Å². The molecule has 0 N–H and O–H groups in total. The highest BCUT2D eigenvalue weighted by molar-refractivity contribution is 7.26. The average molecular weight is 811 g/mol. The zero-order valence-corrected chi connectivity index (χ0v) is 33.7. The Labute approximate surface area is 356 Å². The van der Waals surface area contributed by atoms with Gasteiger partial charge in [-0.3, -0.25) is 4.57 Å². The molecule has 0 radical (unpaired) electrons. The van der Waals surface area contributed by atoms with E-state index < -0.39 is 0 Å². The largest absolute Gasteiger partial charge is 0.456 e. The zero-order chi connectivity index (χ0) is 40.5. The van der Waals surface area contributed by atoms with E-state index in [1.165, 1.54) is 31.1 Å². The normalized spacial score (nSPS) is 12.2. The quantitative estimate of drug-likeness (QED) is 0.177. The van der Waals surface area contributed by atoms with Crippen molar-refractivity contribution in [3.8, 4) is 39.9 Å². The molecule has 288 valence electrons. The van der Waals surface area contributed by atoms with Gasteiger partial charge >= 0.3 is 0 Å². The van der Waals surface area contributed by atoms with Crippen LogP contribution < -0.4 is 0 Å². The number of hydrogen-bond acceptors (Lipinski definition) is 6. The van der Waals surface area contributed by atoms with E-state index in [-0.39, 0.29) is 0 Å². The van der Waals surface area contributed by atoms with Gasteiger partial charge in [0.05, 0.1) is 11.0 Å². The van der Waals surface area contributed by atoms with Gasteiger partial charge in [0.25, 0.3) is 0 Å². The lowest BCUT2D eigenvalue weighted by Gasteiger charge is -2.13. The van der Waals surface area contributed by atoms with E-state index in [9.17, 15) is 0 Å². The van der Waals surface area contributed by atoms with E-state index in [4.69, 9.17) is 23.8 Å². The smallest absolute Gasteiger partial charge is 0.238 e. The summed E-state index contributed by atoms with van der Waals surface area (Å²) >= 11 is 1.84. The van der Waals surface area contributed by atoms with Crippen LogP contribution >= 0.6 is 11.3 Å². The molecule has 0 unspecified atom stereocenters. The van der Waals surface area contributed by atoms with Crippen molar-refractivity contribution in [3.63, 3.8) is 0 Å². The zero-order valence-electron chi connectivity index (χ0n) is 32.8. The minimum absolute atomic E-state index is 0.519. The Bertz CT molecular complexity index is 4060. The van der Waals surface area contributed by atoms with Gasteiger partial charge < -0.3 is 8.83 Å². The van der Waals surface area contributed by atoms with Crippen molar-refractivity contribution in [1.29, 1.82) is 0 Å². The fourth-order valence-electron chi connectivity index (χ4n) is 9.59. The van der Waals surface area contributed by atoms with E-state index in [0.29, 0.717) is 17.6 Å². The average Bonchev–Trinajstić information content (AvgIpc) is 4.09. The monoisotopic (exact) mass is 810 g/mol. The molecule has 0 aliphatic carbocycles. The summed E-state index contributed by atoms with van der Waals surface area (Å²) in [5.74, 6) is 1.60. The van der Waals surface area contributed by atoms with Crippen molar-refractivity contribution >= 4 is 108 Å². The number of thiophene rings is 1. The van der Waals surface area contributed by atoms with Crippen LogP contribution in [0.1, 0.15) is 0 Å². The van der Waals surface area contributed by atoms with Crippen LogP contribution in [-0.2, 0) is 0 Å². The maximum absolute atomic E-state index is 6.40. The van der Waals surface area contributed by atoms with E-state index >= 15 is 0 Å². The molecule has 62 heavy (non-hydrogen) atoms. The molecule has 0 aliphatic heterocycles. The number of aromatic nitrogens is 4. The molecule has 5 aromatic heterocycles. The first-order valence-electron chi connectivity index (χ1n) is 20.7. The highest BCUT2D eigenvalue weighted by atomic mass is 32.1. The van der Waals surface area contributed by atoms with Crippen LogP contribution in [-0.4, -0.2) is 19.5 Å². The molecular formula is C55H30N4O2S. The highest BCUT2D eigenvalue weighted by Gasteiger charge is 2.23. The fraction of sp³-hybridized carbons (Fsp3) is 0. The summed E-state index contributed by atoms with van der Waals surface area (Å²) in [6, 6.07) is 63.9. The summed E-state index contributed by atoms with van der Waals surface area (Å²) in [5, 5.41) is 11.3. The Hall–Kier alpha value is -8.13. The third-order valence-electron chi connectivity index (χ3n) is 12.4. The Morgan fingerprint density at radius 3 is 1.63 bits per heavy atom. The molecule has 0 saturated heterocycles. The molecule has 0 aliphatic rings. The molecule has 0 atom stereocenters. The molecular weight excluding hydrogens is 781 g/mol. The molecule has 14 rings (SSSR count). The summed E-state index contributed by atoms with van der Waals surface area (Å²) in [5.41, 5.74) is 9.21. The van der Waals surface area contributed by atoms with Crippen LogP contribution in [0.4, 0.5) is 0 Å². The number of fused-ring (bicyclic) bond motifs is 13. The Balaban J connectivity index is 1.09. The minimum Gasteiger partial charge on any atom is -0.456 e. The van der Waals surface area contributed by atoms with Crippen molar-refractivity contribution in [2.24, 2.45) is 0 Å². The lowest BCUT2D eigenvalue weighted by Crippen LogP contribution is -2.07. The first-order chi connectivity index (χ1) is 30.7. The minimum atomic E-state index is 0.519. The third-order valence-corrected chi connectivity index (χ3v) is 13.7. The molecule has 0 fully saturated rings. The molecule has 0 amide bonds. The molecule has 14 aromatic rings. The van der Waals surface area contributed by atoms with Crippen LogP contribution in [0.15, 0.2) is 191 Å². The van der Waals surface area contributed by atoms with Crippen molar-refractivity contribution < 1.29 is 8.83 Å². The van der Waals surface area contributed by atoms with Crippen molar-refractivity contribution in [2.45, 2.75) is 0 Å². The van der Waals surface area contributed by atoms with Gasteiger partial charge in [-0.2, -0.15) is 9.97 Å². The van der Waals surface area contributed by atoms with Crippen LogP contribution in [0.3, 0.4) is 0 Å². The van der Waals surface area contributed by atoms with Gasteiger partial charge in [-0.1, -0.05) is 127 Å². The standard InChI is InChI=1S/C55H30N4O2S/c1-2-12-32-28-45-44(27-31(32)11-1)41-17-9-16-40(43-19-10-18-42-39-15-5-8-22-50(39)62-52(42)43)51(41)59(45)55-57-53(33-23-25-37-35-13-3-6-20-46(35)60-48(37)29-33)56-54(58-55)34-24-26-38-36-14-4-7-21-47(36)61-49(38)30-34/h1-30H. The van der Waals surface area contributed by atoms with Crippen molar-refractivity contribution in [2.75, 3.05) is 0 Å². The lowest BCUT2D eigenvalue weighted by molar-refractivity contribution is 0.668. The summed E-state index contributed by atoms with van der Waals surface area (Å²) < 4.78 is 17.6. The molecule has 9 aromatic carbocycles. The number of hydrogen-bond donors (Lipinski definition) is 0. The summed E-state index contributed by atoms with van der Waals surface area (Å²) in [7, 11) is 0. The third kappa shape index (κ3) is 4.88. The van der Waals surface area contributed by atoms with E-state index in [0.717, 1.165) is 87.8 Å². The predicted octanol–water partition coefficient (Wildman–Crippen LogP) is 15.3. The van der Waals surface area contributed by atoms with Crippen LogP contribution in [0.25, 0.3) is 136 Å². The SMILES string of the molecule is c1ccc2cc3c(cc2c1)c1cccc(-c2cccc4c2sc2ccccc24)c1n3-c1nc(-c2ccc3c(c2)oc2ccccc23)nc(-c2ccc3c(c2)oc2ccccc23)n1. The summed E-state index contributed by atoms with van der Waals surface area (Å²) in [6.45, 7) is 0. The predicted molar refractivity (Wildman–Crippen MR) is 255 cm³/mol. The second-order valence-electron chi connectivity index (χ2n) is 15.9. The molecule has 0 spiro atoms. The van der Waals surface area contributed by atoms with Crippen LogP contribution in [0.5, 0.6) is 0 Å². The number of furan rings is 2. The maximum atomic E-state index is 6.40. The number of nitrogens with zero attached hydrogens (tertiary/aromatic N) is 4. The number of benzene rings is 9. The van der Waals surface area contributed by atoms with E-state index in [1.54, 1.807) is 0 Å². The molecule has 0 bridgehead atoms. The van der Waals surface area contributed by atoms with Gasteiger partial charge in [-0.15, -0.1) is 11.3 Å². The number of para-hydroxylation sites is 3. The topological polar surface area (TPSA) is 69.9 Å².